The normalized spacial score (nSPS) is 34.0. The molecule has 0 spiro atoms. The summed E-state index contributed by atoms with van der Waals surface area (Å²) < 4.78 is 7.63. The Balaban J connectivity index is 1.54. The molecular formula is C15H23N6O3S+. The van der Waals surface area contributed by atoms with Crippen LogP contribution in [0.15, 0.2) is 12.7 Å². The maximum Gasteiger partial charge on any atom is 0.167 e. The van der Waals surface area contributed by atoms with E-state index in [9.17, 15) is 10.2 Å². The molecule has 9 nitrogen and oxygen atoms in total. The molecule has 4 heterocycles. The Morgan fingerprint density at radius 1 is 1.36 bits per heavy atom. The summed E-state index contributed by atoms with van der Waals surface area (Å²) in [4.78, 5) is 12.3. The fourth-order valence-corrected chi connectivity index (χ4v) is 5.51. The summed E-state index contributed by atoms with van der Waals surface area (Å²) in [5.41, 5.74) is 6.76. The Labute approximate surface area is 148 Å². The number of nitrogens with two attached hydrogens (primary N) is 1. The lowest BCUT2D eigenvalue weighted by Gasteiger charge is -2.17. The van der Waals surface area contributed by atoms with Gasteiger partial charge >= 0.3 is 0 Å². The van der Waals surface area contributed by atoms with E-state index in [0.717, 1.165) is 25.3 Å². The van der Waals surface area contributed by atoms with Gasteiger partial charge in [-0.3, -0.25) is 4.57 Å². The number of nitrogens with zero attached hydrogens (tertiary/aromatic N) is 4. The van der Waals surface area contributed by atoms with E-state index in [1.807, 2.05) is 0 Å². The lowest BCUT2D eigenvalue weighted by molar-refractivity contribution is -0.0290. The van der Waals surface area contributed by atoms with Crippen LogP contribution in [0.1, 0.15) is 12.6 Å². The van der Waals surface area contributed by atoms with Gasteiger partial charge in [-0.2, -0.15) is 0 Å². The van der Waals surface area contributed by atoms with Crippen molar-refractivity contribution >= 4 is 27.9 Å². The summed E-state index contributed by atoms with van der Waals surface area (Å²) in [5.74, 6) is 1.00. The van der Waals surface area contributed by atoms with E-state index < -0.39 is 24.5 Å². The molecule has 2 aliphatic rings. The quantitative estimate of drug-likeness (QED) is 0.487. The second-order valence-electron chi connectivity index (χ2n) is 6.60. The van der Waals surface area contributed by atoms with Gasteiger partial charge < -0.3 is 26.0 Å². The fourth-order valence-electron chi connectivity index (χ4n) is 3.52. The van der Waals surface area contributed by atoms with Crippen LogP contribution in [-0.4, -0.2) is 78.4 Å². The number of anilines is 1. The predicted molar refractivity (Wildman–Crippen MR) is 95.1 cm³/mol. The number of hydrogen-bond acceptors (Lipinski definition) is 8. The van der Waals surface area contributed by atoms with Gasteiger partial charge in [-0.25, -0.2) is 15.0 Å². The van der Waals surface area contributed by atoms with Crippen LogP contribution in [0, 0.1) is 0 Å². The Morgan fingerprint density at radius 3 is 2.96 bits per heavy atom. The summed E-state index contributed by atoms with van der Waals surface area (Å²) >= 11 is 0. The molecule has 0 amide bonds. The molecular weight excluding hydrogens is 344 g/mol. The average molecular weight is 367 g/mol. The van der Waals surface area contributed by atoms with Crippen LogP contribution in [-0.2, 0) is 15.6 Å². The van der Waals surface area contributed by atoms with Crippen molar-refractivity contribution in [3.63, 3.8) is 0 Å². The monoisotopic (exact) mass is 367 g/mol. The number of hydrogen-bond donors (Lipinski definition) is 4. The van der Waals surface area contributed by atoms with Crippen LogP contribution in [0.4, 0.5) is 5.82 Å². The molecule has 2 fully saturated rings. The van der Waals surface area contributed by atoms with E-state index in [4.69, 9.17) is 10.5 Å². The molecule has 2 aromatic heterocycles. The van der Waals surface area contributed by atoms with E-state index in [0.29, 0.717) is 16.4 Å². The van der Waals surface area contributed by atoms with Crippen molar-refractivity contribution in [3.05, 3.63) is 12.7 Å². The van der Waals surface area contributed by atoms with Crippen molar-refractivity contribution in [1.82, 2.24) is 24.8 Å². The Morgan fingerprint density at radius 2 is 2.20 bits per heavy atom. The van der Waals surface area contributed by atoms with E-state index in [2.05, 4.69) is 26.5 Å². The molecule has 0 aliphatic carbocycles. The zero-order valence-electron chi connectivity index (χ0n) is 13.9. The van der Waals surface area contributed by atoms with Crippen LogP contribution in [0.2, 0.25) is 0 Å². The van der Waals surface area contributed by atoms with Crippen LogP contribution in [0.3, 0.4) is 0 Å². The summed E-state index contributed by atoms with van der Waals surface area (Å²) in [6, 6.07) is 0. The van der Waals surface area contributed by atoms with E-state index in [-0.39, 0.29) is 16.7 Å². The van der Waals surface area contributed by atoms with E-state index >= 15 is 0 Å². The van der Waals surface area contributed by atoms with Gasteiger partial charge in [0.05, 0.1) is 12.6 Å². The lowest BCUT2D eigenvalue weighted by atomic mass is 10.1. The fraction of sp³-hybridized carbons (Fsp3) is 0.667. The Bertz CT molecular complexity index is 752. The first-order valence-corrected chi connectivity index (χ1v) is 10.2. The molecule has 0 saturated carbocycles. The Hall–Kier alpha value is -1.46. The van der Waals surface area contributed by atoms with Crippen LogP contribution in [0.25, 0.3) is 11.2 Å². The maximum atomic E-state index is 10.5. The molecule has 4 rings (SSSR count). The minimum Gasteiger partial charge on any atom is -0.387 e. The van der Waals surface area contributed by atoms with Crippen molar-refractivity contribution in [2.24, 2.45) is 0 Å². The SMILES string of the molecule is C[S+](C[C@H]1O[C@@H](n2cnc3c(N)ncnc32)[C@H](O)[C@@H]1O)C1CCNC1. The maximum absolute atomic E-state index is 10.5. The number of aromatic nitrogens is 4. The second-order valence-corrected chi connectivity index (χ2v) is 8.98. The zero-order valence-corrected chi connectivity index (χ0v) is 14.8. The van der Waals surface area contributed by atoms with E-state index in [1.54, 1.807) is 4.57 Å². The number of aliphatic hydroxyl groups excluding tert-OH is 2. The molecule has 6 atom stereocenters. The smallest absolute Gasteiger partial charge is 0.167 e. The third-order valence-corrected chi connectivity index (χ3v) is 7.40. The third-order valence-electron chi connectivity index (χ3n) is 5.01. The first-order chi connectivity index (χ1) is 12.1. The highest BCUT2D eigenvalue weighted by atomic mass is 32.2. The van der Waals surface area contributed by atoms with Gasteiger partial charge in [-0.1, -0.05) is 0 Å². The standard InChI is InChI=1S/C15H23N6O3S/c1-25(8-2-3-17-4-8)5-9-11(22)12(23)15(24-9)21-7-20-10-13(16)18-6-19-14(10)21/h6-9,11-12,15,17,22-23H,2-5H2,1H3,(H2,16,18,19)/q+1/t8?,9-,11-,12-,15-,25?/m1/s1. The number of aliphatic hydroxyl groups is 2. The van der Waals surface area contributed by atoms with Crippen molar-refractivity contribution in [1.29, 1.82) is 0 Å². The van der Waals surface area contributed by atoms with Gasteiger partial charge in [0.1, 0.15) is 41.2 Å². The molecule has 25 heavy (non-hydrogen) atoms. The summed E-state index contributed by atoms with van der Waals surface area (Å²) in [7, 11) is 0.108. The molecule has 2 saturated heterocycles. The first kappa shape index (κ1) is 17.0. The highest BCUT2D eigenvalue weighted by Gasteiger charge is 2.47. The Kier molecular flexibility index (Phi) is 4.54. The molecule has 136 valence electrons. The number of fused-ring (bicyclic) bond motifs is 1. The van der Waals surface area contributed by atoms with Crippen LogP contribution < -0.4 is 11.1 Å². The summed E-state index contributed by atoms with van der Waals surface area (Å²) in [5, 5.41) is 24.9. The van der Waals surface area contributed by atoms with Crippen molar-refractivity contribution in [3.8, 4) is 0 Å². The van der Waals surface area contributed by atoms with Crippen molar-refractivity contribution in [2.45, 2.75) is 36.2 Å². The number of rotatable bonds is 4. The van der Waals surface area contributed by atoms with Crippen molar-refractivity contribution in [2.75, 3.05) is 30.8 Å². The molecule has 0 radical (unpaired) electrons. The second kappa shape index (κ2) is 6.69. The van der Waals surface area contributed by atoms with Gasteiger partial charge in [0, 0.05) is 19.5 Å². The average Bonchev–Trinajstić information content (AvgIpc) is 3.31. The molecule has 0 aromatic carbocycles. The zero-order chi connectivity index (χ0) is 17.6. The summed E-state index contributed by atoms with van der Waals surface area (Å²) in [6.07, 6.45) is 3.09. The van der Waals surface area contributed by atoms with Gasteiger partial charge in [0.15, 0.2) is 17.7 Å². The molecule has 0 bridgehead atoms. The molecule has 5 N–H and O–H groups in total. The molecule has 10 heteroatoms. The minimum atomic E-state index is -1.04. The molecule has 2 aromatic rings. The number of ether oxygens (including phenoxy) is 1. The number of nitrogen functional groups attached to an aromatic ring is 1. The van der Waals surface area contributed by atoms with Gasteiger partial charge in [-0.05, 0) is 10.9 Å². The topological polar surface area (TPSA) is 131 Å². The largest absolute Gasteiger partial charge is 0.387 e. The van der Waals surface area contributed by atoms with Crippen LogP contribution in [0.5, 0.6) is 0 Å². The van der Waals surface area contributed by atoms with Crippen LogP contribution >= 0.6 is 0 Å². The first-order valence-electron chi connectivity index (χ1n) is 8.33. The lowest BCUT2D eigenvalue weighted by Crippen LogP contribution is -2.38. The van der Waals surface area contributed by atoms with Crippen molar-refractivity contribution < 1.29 is 14.9 Å². The van der Waals surface area contributed by atoms with Gasteiger partial charge in [0.25, 0.3) is 0 Å². The minimum absolute atomic E-state index is 0.108. The highest BCUT2D eigenvalue weighted by molar-refractivity contribution is 7.96. The van der Waals surface area contributed by atoms with Gasteiger partial charge in [0.2, 0.25) is 0 Å². The predicted octanol–water partition coefficient (Wildman–Crippen LogP) is -1.36. The third kappa shape index (κ3) is 2.97. The number of imidazole rings is 1. The summed E-state index contributed by atoms with van der Waals surface area (Å²) in [6.45, 7) is 2.06. The highest BCUT2D eigenvalue weighted by Crippen LogP contribution is 2.33. The number of nitrogens with one attached hydrogen (secondary N) is 1. The molecule has 2 aliphatic heterocycles. The van der Waals surface area contributed by atoms with E-state index in [1.165, 1.54) is 12.7 Å². The molecule has 2 unspecified atom stereocenters. The van der Waals surface area contributed by atoms with Gasteiger partial charge in [-0.15, -0.1) is 0 Å².